The zero-order valence-corrected chi connectivity index (χ0v) is 36.8. The molecule has 4 bridgehead atoms. The molecule has 310 valence electrons. The first-order chi connectivity index (χ1) is 27.3. The van der Waals surface area contributed by atoms with Crippen molar-refractivity contribution in [3.63, 3.8) is 0 Å². The standard InChI is InChI=1S/C46H56N4O6.2BrH/c1-28(51)53-22-18-49-16-12-33-38(49)24-34-30(26-49)13-20-55-44-40(34)42(33)47(32-8-4-3-5-9-32)45-41-35-25-39-46(36-10-6-7-11-37(36)48(44)43(41)46)15-17-50(39,19-23-54-29(2)52)27-31(35)14-21-56-45;;/h3-11,13-14,33-35,38-45H,12,15-27H2,1-2H3;2*1H/q+2;;/p-2/t33-,34-,35-,38-,39-,40+,41+,42+,43-,44+,45+,46+,49?,50?;;/m0../s1. The van der Waals surface area contributed by atoms with E-state index < -0.39 is 0 Å². The minimum absolute atomic E-state index is 0. The molecule has 1 spiro atoms. The highest BCUT2D eigenvalue weighted by atomic mass is 79.9. The Morgan fingerprint density at radius 3 is 2.14 bits per heavy atom. The zero-order chi connectivity index (χ0) is 37.6. The molecule has 12 heteroatoms. The van der Waals surface area contributed by atoms with Crippen LogP contribution in [0.25, 0.3) is 0 Å². The number of fused-ring (bicyclic) bond motifs is 4. The number of esters is 2. The van der Waals surface area contributed by atoms with E-state index in [1.165, 1.54) is 23.9 Å². The molecule has 2 aliphatic carbocycles. The van der Waals surface area contributed by atoms with E-state index in [0.29, 0.717) is 56.3 Å². The van der Waals surface area contributed by atoms with Gasteiger partial charge in [0.15, 0.2) is 0 Å². The molecule has 14 atom stereocenters. The van der Waals surface area contributed by atoms with Crippen molar-refractivity contribution in [2.75, 3.05) is 75.5 Å². The van der Waals surface area contributed by atoms with Crippen LogP contribution < -0.4 is 43.8 Å². The number of ether oxygens (including phenoxy) is 4. The summed E-state index contributed by atoms with van der Waals surface area (Å²) in [5.41, 5.74) is 7.23. The Hall–Kier alpha value is -2.74. The lowest BCUT2D eigenvalue weighted by Crippen LogP contribution is -3.00. The number of hydrogen-bond acceptors (Lipinski definition) is 8. The monoisotopic (exact) mass is 918 g/mol. The van der Waals surface area contributed by atoms with Crippen molar-refractivity contribution in [3.05, 3.63) is 83.5 Å². The van der Waals surface area contributed by atoms with Crippen molar-refractivity contribution in [1.82, 2.24) is 0 Å². The van der Waals surface area contributed by atoms with Crippen LogP contribution in [-0.4, -0.2) is 123 Å². The fourth-order valence-corrected chi connectivity index (χ4v) is 15.8. The van der Waals surface area contributed by atoms with Crippen LogP contribution in [0.4, 0.5) is 11.4 Å². The van der Waals surface area contributed by atoms with Crippen LogP contribution in [0.3, 0.4) is 0 Å². The van der Waals surface area contributed by atoms with Gasteiger partial charge in [-0.15, -0.1) is 0 Å². The molecule has 10 aliphatic rings. The highest BCUT2D eigenvalue weighted by molar-refractivity contribution is 5.69. The fraction of sp³-hybridized carbons (Fsp3) is 0.609. The molecule has 0 radical (unpaired) electrons. The third kappa shape index (κ3) is 5.20. The van der Waals surface area contributed by atoms with Gasteiger partial charge in [0.2, 0.25) is 0 Å². The van der Waals surface area contributed by atoms with Gasteiger partial charge in [-0.25, -0.2) is 0 Å². The van der Waals surface area contributed by atoms with Gasteiger partial charge < -0.3 is 71.7 Å². The van der Waals surface area contributed by atoms with Gasteiger partial charge in [0.25, 0.3) is 0 Å². The molecule has 0 amide bonds. The van der Waals surface area contributed by atoms with Gasteiger partial charge in [-0.2, -0.15) is 0 Å². The van der Waals surface area contributed by atoms with E-state index in [0.717, 1.165) is 73.9 Å². The molecular weight excluding hydrogens is 864 g/mol. The lowest BCUT2D eigenvalue weighted by Gasteiger charge is -2.65. The summed E-state index contributed by atoms with van der Waals surface area (Å²) in [6, 6.07) is 22.1. The van der Waals surface area contributed by atoms with Gasteiger partial charge in [-0.1, -0.05) is 48.6 Å². The Bertz CT molecular complexity index is 2050. The molecule has 10 nitrogen and oxygen atoms in total. The smallest absolute Gasteiger partial charge is 0.302 e. The topological polar surface area (TPSA) is 77.5 Å². The maximum Gasteiger partial charge on any atom is 0.302 e. The summed E-state index contributed by atoms with van der Waals surface area (Å²) < 4.78 is 28.4. The summed E-state index contributed by atoms with van der Waals surface area (Å²) in [5, 5.41) is 0. The van der Waals surface area contributed by atoms with Crippen molar-refractivity contribution in [3.8, 4) is 0 Å². The predicted octanol–water partition coefficient (Wildman–Crippen LogP) is -1.20. The van der Waals surface area contributed by atoms with Crippen LogP contribution in [0.5, 0.6) is 0 Å². The molecule has 0 aromatic heterocycles. The van der Waals surface area contributed by atoms with Gasteiger partial charge in [-0.3, -0.25) is 9.59 Å². The minimum Gasteiger partial charge on any atom is -1.00 e. The molecule has 2 unspecified atom stereocenters. The summed E-state index contributed by atoms with van der Waals surface area (Å²) >= 11 is 0. The van der Waals surface area contributed by atoms with E-state index in [2.05, 4.69) is 76.5 Å². The lowest BCUT2D eigenvalue weighted by atomic mass is 9.53. The van der Waals surface area contributed by atoms with Crippen LogP contribution >= 0.6 is 0 Å². The second-order valence-corrected chi connectivity index (χ2v) is 19.1. The Labute approximate surface area is 363 Å². The molecule has 8 heterocycles. The average Bonchev–Trinajstić information content (AvgIpc) is 3.73. The first-order valence-electron chi connectivity index (χ1n) is 21.6. The van der Waals surface area contributed by atoms with E-state index in [9.17, 15) is 9.59 Å². The van der Waals surface area contributed by atoms with Crippen LogP contribution in [0.1, 0.15) is 45.1 Å². The predicted molar refractivity (Wildman–Crippen MR) is 209 cm³/mol. The Morgan fingerprint density at radius 1 is 0.776 bits per heavy atom. The fourth-order valence-electron chi connectivity index (χ4n) is 15.8. The van der Waals surface area contributed by atoms with Crippen LogP contribution in [-0.2, 0) is 34.0 Å². The number of benzene rings is 2. The number of para-hydroxylation sites is 2. The van der Waals surface area contributed by atoms with E-state index in [1.807, 2.05) is 0 Å². The molecule has 7 fully saturated rings. The highest BCUT2D eigenvalue weighted by Crippen LogP contribution is 2.69. The first-order valence-corrected chi connectivity index (χ1v) is 21.6. The Kier molecular flexibility index (Phi) is 9.62. The summed E-state index contributed by atoms with van der Waals surface area (Å²) in [5.74, 6) is 1.39. The average molecular weight is 921 g/mol. The van der Waals surface area contributed by atoms with Crippen molar-refractivity contribution < 1.29 is 71.5 Å². The molecule has 12 rings (SSSR count). The van der Waals surface area contributed by atoms with Crippen molar-refractivity contribution in [2.24, 2.45) is 29.6 Å². The molecule has 5 saturated heterocycles. The lowest BCUT2D eigenvalue weighted by molar-refractivity contribution is -0.943. The molecule has 2 aromatic carbocycles. The van der Waals surface area contributed by atoms with E-state index in [4.69, 9.17) is 18.9 Å². The maximum absolute atomic E-state index is 12.1. The van der Waals surface area contributed by atoms with Gasteiger partial charge >= 0.3 is 11.9 Å². The zero-order valence-electron chi connectivity index (χ0n) is 33.6. The molecule has 2 aromatic rings. The number of anilines is 2. The van der Waals surface area contributed by atoms with Crippen LogP contribution in [0.2, 0.25) is 0 Å². The summed E-state index contributed by atoms with van der Waals surface area (Å²) in [6.07, 6.45) is 9.33. The summed E-state index contributed by atoms with van der Waals surface area (Å²) in [4.78, 5) is 29.8. The Morgan fingerprint density at radius 2 is 1.41 bits per heavy atom. The van der Waals surface area contributed by atoms with Gasteiger partial charge in [0, 0.05) is 86.5 Å². The number of hydrogen-bond donors (Lipinski definition) is 0. The number of quaternary nitrogens is 2. The number of carbonyl (C=O) groups excluding carboxylic acids is 2. The van der Waals surface area contributed by atoms with Crippen molar-refractivity contribution in [1.29, 1.82) is 0 Å². The largest absolute Gasteiger partial charge is 1.00 e. The van der Waals surface area contributed by atoms with E-state index in [-0.39, 0.29) is 87.7 Å². The van der Waals surface area contributed by atoms with E-state index >= 15 is 0 Å². The van der Waals surface area contributed by atoms with Gasteiger partial charge in [0.05, 0.1) is 43.8 Å². The number of piperidine rings is 2. The SMILES string of the molecule is CC(=O)OCC[N+]12CC[C@@H]3[C@@H]4[C@@H]5[C@@H](OCC=C(C1)[C@@H]5C[C@@H]32)N1c2ccccc2[C@@]23CC[N+]5(CCOC(C)=O)CC6=CCO[C@H]([C@@H]([C@H]12)[C@H]6C[C@@H]35)N4c1ccccc1.[Br-].[Br-]. The van der Waals surface area contributed by atoms with Gasteiger partial charge in [0.1, 0.15) is 57.9 Å². The number of carbonyl (C=O) groups is 2. The summed E-state index contributed by atoms with van der Waals surface area (Å²) in [7, 11) is 0. The van der Waals surface area contributed by atoms with Crippen LogP contribution in [0.15, 0.2) is 77.9 Å². The van der Waals surface area contributed by atoms with Gasteiger partial charge in [-0.05, 0) is 34.9 Å². The third-order valence-corrected chi connectivity index (χ3v) is 17.4. The molecule has 0 N–H and O–H groups in total. The van der Waals surface area contributed by atoms with Crippen molar-refractivity contribution in [2.45, 2.75) is 81.6 Å². The molecule has 2 saturated carbocycles. The van der Waals surface area contributed by atoms with Crippen molar-refractivity contribution >= 4 is 23.3 Å². The number of nitrogens with zero attached hydrogens (tertiary/aromatic N) is 4. The van der Waals surface area contributed by atoms with E-state index in [1.54, 1.807) is 18.1 Å². The Balaban J connectivity index is 0.00000204. The maximum atomic E-state index is 12.1. The minimum atomic E-state index is -0.188. The third-order valence-electron chi connectivity index (χ3n) is 17.4. The molecule has 58 heavy (non-hydrogen) atoms. The highest BCUT2D eigenvalue weighted by Gasteiger charge is 2.77. The summed E-state index contributed by atoms with van der Waals surface area (Å²) in [6.45, 7) is 11.2. The molecule has 8 aliphatic heterocycles. The normalized spacial score (nSPS) is 42.5. The second kappa shape index (κ2) is 14.2. The van der Waals surface area contributed by atoms with Crippen LogP contribution in [0, 0.1) is 29.6 Å². The first kappa shape index (κ1) is 39.4. The molecular formula is C46H56Br2N4O6. The second-order valence-electron chi connectivity index (χ2n) is 19.1. The number of halogens is 2. The quantitative estimate of drug-likeness (QED) is 0.195. The number of rotatable bonds is 7.